The molecule has 28 heavy (non-hydrogen) atoms. The molecule has 0 saturated carbocycles. The molecule has 3 atom stereocenters. The Morgan fingerprint density at radius 2 is 2.14 bits per heavy atom. The van der Waals surface area contributed by atoms with E-state index in [1.165, 1.54) is 6.07 Å². The lowest BCUT2D eigenvalue weighted by atomic mass is 10.0. The summed E-state index contributed by atoms with van der Waals surface area (Å²) in [6, 6.07) is 4.43. The van der Waals surface area contributed by atoms with Gasteiger partial charge < -0.3 is 14.8 Å². The number of nitrogens with zero attached hydrogens (tertiary/aromatic N) is 1. The van der Waals surface area contributed by atoms with Crippen LogP contribution in [0.2, 0.25) is 5.02 Å². The maximum absolute atomic E-state index is 14.5. The summed E-state index contributed by atoms with van der Waals surface area (Å²) in [7, 11) is 0. The molecule has 2 aliphatic heterocycles. The molecular formula is C21H30ClFN2O3. The predicted octanol–water partition coefficient (Wildman–Crippen LogP) is 3.71. The topological polar surface area (TPSA) is 50.8 Å². The van der Waals surface area contributed by atoms with Gasteiger partial charge in [0.15, 0.2) is 0 Å². The number of hydrogen-bond acceptors (Lipinski definition) is 4. The molecule has 2 fully saturated rings. The number of benzene rings is 1. The summed E-state index contributed by atoms with van der Waals surface area (Å²) in [6.07, 6.45) is 4.81. The highest BCUT2D eigenvalue weighted by molar-refractivity contribution is 6.31. The number of carbonyl (C=O) groups is 1. The standard InChI is InChI=1S/C21H30ClFN2O3/c1-15(28-14-16-7-2-5-12-27-16)21(26)24-13-19(25-10-3-4-11-25)20-17(22)8-6-9-18(20)23/h6,8-9,15-16,19H,2-5,7,10-14H2,1H3,(H,24,26). The van der Waals surface area contributed by atoms with Crippen LogP contribution in [0.5, 0.6) is 0 Å². The Morgan fingerprint density at radius 3 is 2.82 bits per heavy atom. The van der Waals surface area contributed by atoms with Crippen molar-refractivity contribution in [1.29, 1.82) is 0 Å². The maximum atomic E-state index is 14.5. The first-order chi connectivity index (χ1) is 13.6. The zero-order valence-corrected chi connectivity index (χ0v) is 17.2. The van der Waals surface area contributed by atoms with Crippen molar-refractivity contribution in [3.8, 4) is 0 Å². The number of carbonyl (C=O) groups excluding carboxylic acids is 1. The summed E-state index contributed by atoms with van der Waals surface area (Å²) in [4.78, 5) is 14.7. The molecule has 0 aliphatic carbocycles. The maximum Gasteiger partial charge on any atom is 0.248 e. The minimum atomic E-state index is -0.583. The van der Waals surface area contributed by atoms with E-state index in [1.54, 1.807) is 19.1 Å². The quantitative estimate of drug-likeness (QED) is 0.707. The highest BCUT2D eigenvalue weighted by atomic mass is 35.5. The first-order valence-electron chi connectivity index (χ1n) is 10.2. The number of rotatable bonds is 8. The minimum absolute atomic E-state index is 0.0681. The van der Waals surface area contributed by atoms with Gasteiger partial charge in [0.1, 0.15) is 11.9 Å². The smallest absolute Gasteiger partial charge is 0.248 e. The minimum Gasteiger partial charge on any atom is -0.376 e. The molecule has 3 unspecified atom stereocenters. The van der Waals surface area contributed by atoms with Gasteiger partial charge in [0.25, 0.3) is 0 Å². The number of likely N-dealkylation sites (tertiary alicyclic amines) is 1. The van der Waals surface area contributed by atoms with Crippen molar-refractivity contribution >= 4 is 17.5 Å². The third-order valence-electron chi connectivity index (χ3n) is 5.56. The van der Waals surface area contributed by atoms with E-state index in [9.17, 15) is 9.18 Å². The normalized spacial score (nSPS) is 22.8. The summed E-state index contributed by atoms with van der Waals surface area (Å²) >= 11 is 6.30. The number of amides is 1. The first-order valence-corrected chi connectivity index (χ1v) is 10.6. The molecule has 2 aliphatic rings. The Labute approximate surface area is 171 Å². The van der Waals surface area contributed by atoms with Crippen molar-refractivity contribution in [3.05, 3.63) is 34.6 Å². The van der Waals surface area contributed by atoms with Gasteiger partial charge in [0.05, 0.1) is 18.8 Å². The van der Waals surface area contributed by atoms with E-state index >= 15 is 0 Å². The lowest BCUT2D eigenvalue weighted by Crippen LogP contribution is -2.42. The van der Waals surface area contributed by atoms with Crippen LogP contribution in [-0.4, -0.2) is 55.9 Å². The second-order valence-electron chi connectivity index (χ2n) is 7.60. The fourth-order valence-corrected chi connectivity index (χ4v) is 4.19. The van der Waals surface area contributed by atoms with Gasteiger partial charge in [-0.15, -0.1) is 0 Å². The fourth-order valence-electron chi connectivity index (χ4n) is 3.90. The molecule has 5 nitrogen and oxygen atoms in total. The Kier molecular flexibility index (Phi) is 8.09. The third kappa shape index (κ3) is 5.66. The van der Waals surface area contributed by atoms with Crippen LogP contribution in [0.15, 0.2) is 18.2 Å². The van der Waals surface area contributed by atoms with E-state index < -0.39 is 6.10 Å². The second-order valence-corrected chi connectivity index (χ2v) is 8.01. The summed E-state index contributed by atoms with van der Waals surface area (Å²) in [5.41, 5.74) is 0.454. The summed E-state index contributed by atoms with van der Waals surface area (Å²) < 4.78 is 25.8. The van der Waals surface area contributed by atoms with Gasteiger partial charge in [-0.1, -0.05) is 17.7 Å². The summed E-state index contributed by atoms with van der Waals surface area (Å²) in [6.45, 7) is 4.96. The molecule has 1 aromatic carbocycles. The van der Waals surface area contributed by atoms with Crippen molar-refractivity contribution in [3.63, 3.8) is 0 Å². The first kappa shape index (κ1) is 21.5. The zero-order chi connectivity index (χ0) is 19.9. The molecule has 0 aromatic heterocycles. The predicted molar refractivity (Wildman–Crippen MR) is 107 cm³/mol. The van der Waals surface area contributed by atoms with Crippen molar-refractivity contribution in [2.75, 3.05) is 32.8 Å². The van der Waals surface area contributed by atoms with Gasteiger partial charge in [0, 0.05) is 23.7 Å². The van der Waals surface area contributed by atoms with Gasteiger partial charge in [-0.2, -0.15) is 0 Å². The SMILES string of the molecule is CC(OCC1CCCCO1)C(=O)NCC(c1c(F)cccc1Cl)N1CCCC1. The van der Waals surface area contributed by atoms with Gasteiger partial charge in [0.2, 0.25) is 5.91 Å². The van der Waals surface area contributed by atoms with Crippen LogP contribution in [0.3, 0.4) is 0 Å². The number of ether oxygens (including phenoxy) is 2. The molecule has 0 spiro atoms. The molecule has 3 rings (SSSR count). The van der Waals surface area contributed by atoms with E-state index in [1.807, 2.05) is 0 Å². The molecular weight excluding hydrogens is 383 g/mol. The molecule has 2 saturated heterocycles. The van der Waals surface area contributed by atoms with Crippen LogP contribution in [0.25, 0.3) is 0 Å². The van der Waals surface area contributed by atoms with Crippen LogP contribution >= 0.6 is 11.6 Å². The van der Waals surface area contributed by atoms with Gasteiger partial charge in [-0.25, -0.2) is 4.39 Å². The van der Waals surface area contributed by atoms with Gasteiger partial charge >= 0.3 is 0 Å². The van der Waals surface area contributed by atoms with E-state index in [4.69, 9.17) is 21.1 Å². The summed E-state index contributed by atoms with van der Waals surface area (Å²) in [5, 5.41) is 3.32. The number of halogens is 2. The van der Waals surface area contributed by atoms with Gasteiger partial charge in [-0.3, -0.25) is 9.69 Å². The average Bonchev–Trinajstić information content (AvgIpc) is 3.23. The number of hydrogen-bond donors (Lipinski definition) is 1. The second kappa shape index (κ2) is 10.5. The lowest BCUT2D eigenvalue weighted by Gasteiger charge is -2.30. The lowest BCUT2D eigenvalue weighted by molar-refractivity contribution is -0.135. The molecule has 1 amide bonds. The van der Waals surface area contributed by atoms with Crippen LogP contribution in [0, 0.1) is 5.82 Å². The highest BCUT2D eigenvalue weighted by Gasteiger charge is 2.29. The molecule has 0 bridgehead atoms. The Balaban J connectivity index is 1.57. The molecule has 7 heteroatoms. The van der Waals surface area contributed by atoms with Crippen LogP contribution in [-0.2, 0) is 14.3 Å². The highest BCUT2D eigenvalue weighted by Crippen LogP contribution is 2.32. The fraction of sp³-hybridized carbons (Fsp3) is 0.667. The monoisotopic (exact) mass is 412 g/mol. The van der Waals surface area contributed by atoms with E-state index in [0.29, 0.717) is 23.7 Å². The third-order valence-corrected chi connectivity index (χ3v) is 5.89. The Bertz CT molecular complexity index is 628. The van der Waals surface area contributed by atoms with E-state index in [-0.39, 0.29) is 23.9 Å². The van der Waals surface area contributed by atoms with E-state index in [2.05, 4.69) is 10.2 Å². The molecule has 0 radical (unpaired) electrons. The van der Waals surface area contributed by atoms with Crippen molar-refractivity contribution in [2.24, 2.45) is 0 Å². The largest absolute Gasteiger partial charge is 0.376 e. The Morgan fingerprint density at radius 1 is 1.36 bits per heavy atom. The van der Waals surface area contributed by atoms with Crippen LogP contribution in [0.1, 0.15) is 50.6 Å². The van der Waals surface area contributed by atoms with Crippen LogP contribution in [0.4, 0.5) is 4.39 Å². The van der Waals surface area contributed by atoms with Gasteiger partial charge in [-0.05, 0) is 64.3 Å². The molecule has 156 valence electrons. The molecule has 2 heterocycles. The van der Waals surface area contributed by atoms with Crippen LogP contribution < -0.4 is 5.32 Å². The average molecular weight is 413 g/mol. The van der Waals surface area contributed by atoms with Crippen molar-refractivity contribution in [2.45, 2.75) is 57.3 Å². The zero-order valence-electron chi connectivity index (χ0n) is 16.5. The summed E-state index contributed by atoms with van der Waals surface area (Å²) in [5.74, 6) is -0.537. The number of nitrogens with one attached hydrogen (secondary N) is 1. The van der Waals surface area contributed by atoms with Crippen molar-refractivity contribution < 1.29 is 18.7 Å². The Hall–Kier alpha value is -1.21. The van der Waals surface area contributed by atoms with E-state index in [0.717, 1.165) is 51.8 Å². The molecule has 1 N–H and O–H groups in total. The van der Waals surface area contributed by atoms with Crippen molar-refractivity contribution in [1.82, 2.24) is 10.2 Å². The molecule has 1 aromatic rings.